The quantitative estimate of drug-likeness (QED) is 0.488. The SMILES string of the molecule is CCN(C)S(=O)(=O)Nc1c(F)cc(Oc2ncccc2-c2ccnc(NC)n2)c(F)c1F. The Balaban J connectivity index is 2.00. The highest BCUT2D eigenvalue weighted by atomic mass is 32.2. The molecule has 0 aliphatic rings. The van der Waals surface area contributed by atoms with Crippen molar-refractivity contribution < 1.29 is 26.3 Å². The van der Waals surface area contributed by atoms with E-state index in [1.807, 2.05) is 0 Å². The normalized spacial score (nSPS) is 11.5. The summed E-state index contributed by atoms with van der Waals surface area (Å²) in [6.45, 7) is 1.55. The Morgan fingerprint density at radius 2 is 1.88 bits per heavy atom. The molecule has 0 unspecified atom stereocenters. The van der Waals surface area contributed by atoms with E-state index in [0.29, 0.717) is 23.3 Å². The van der Waals surface area contributed by atoms with Gasteiger partial charge in [0.25, 0.3) is 0 Å². The molecule has 13 heteroatoms. The highest BCUT2D eigenvalue weighted by molar-refractivity contribution is 7.90. The van der Waals surface area contributed by atoms with Crippen LogP contribution in [0.15, 0.2) is 36.7 Å². The van der Waals surface area contributed by atoms with Crippen LogP contribution in [0.1, 0.15) is 6.92 Å². The minimum absolute atomic E-state index is 0.0308. The van der Waals surface area contributed by atoms with Crippen LogP contribution in [-0.2, 0) is 10.2 Å². The van der Waals surface area contributed by atoms with Crippen molar-refractivity contribution in [2.75, 3.05) is 30.7 Å². The summed E-state index contributed by atoms with van der Waals surface area (Å²) in [5.41, 5.74) is -0.493. The standard InChI is InChI=1S/C19H19F3N6O3S/c1-4-28(3)32(29,30)27-17-12(20)10-14(15(21)16(17)22)31-18-11(6-5-8-24-18)13-7-9-25-19(23-2)26-13/h5-10,27H,4H2,1-3H3,(H,23,25,26). The van der Waals surface area contributed by atoms with E-state index < -0.39 is 39.1 Å². The van der Waals surface area contributed by atoms with Gasteiger partial charge in [-0.25, -0.2) is 23.7 Å². The van der Waals surface area contributed by atoms with Crippen LogP contribution in [-0.4, -0.2) is 48.3 Å². The summed E-state index contributed by atoms with van der Waals surface area (Å²) in [7, 11) is -1.47. The number of hydrogen-bond acceptors (Lipinski definition) is 7. The predicted octanol–water partition coefficient (Wildman–Crippen LogP) is 3.40. The van der Waals surface area contributed by atoms with Crippen molar-refractivity contribution in [3.8, 4) is 22.9 Å². The van der Waals surface area contributed by atoms with E-state index in [0.717, 1.165) is 4.31 Å². The van der Waals surface area contributed by atoms with Gasteiger partial charge in [-0.15, -0.1) is 0 Å². The second-order valence-electron chi connectivity index (χ2n) is 6.35. The topological polar surface area (TPSA) is 109 Å². The number of halogens is 3. The molecule has 0 saturated heterocycles. The van der Waals surface area contributed by atoms with Crippen LogP contribution in [0.2, 0.25) is 0 Å². The first-order valence-electron chi connectivity index (χ1n) is 9.23. The van der Waals surface area contributed by atoms with Crippen LogP contribution in [0.3, 0.4) is 0 Å². The van der Waals surface area contributed by atoms with E-state index in [9.17, 15) is 21.6 Å². The van der Waals surface area contributed by atoms with Crippen LogP contribution in [0.5, 0.6) is 11.6 Å². The molecule has 0 amide bonds. The molecule has 0 fully saturated rings. The molecular formula is C19H19F3N6O3S. The lowest BCUT2D eigenvalue weighted by atomic mass is 10.2. The maximum atomic E-state index is 14.7. The van der Waals surface area contributed by atoms with Gasteiger partial charge in [-0.1, -0.05) is 6.92 Å². The monoisotopic (exact) mass is 468 g/mol. The van der Waals surface area contributed by atoms with Gasteiger partial charge in [0.05, 0.1) is 11.3 Å². The van der Waals surface area contributed by atoms with E-state index in [4.69, 9.17) is 4.74 Å². The fourth-order valence-electron chi connectivity index (χ4n) is 2.52. The minimum Gasteiger partial charge on any atom is -0.435 e. The number of aromatic nitrogens is 3. The van der Waals surface area contributed by atoms with Crippen molar-refractivity contribution in [1.82, 2.24) is 19.3 Å². The molecule has 0 saturated carbocycles. The molecule has 1 aromatic carbocycles. The van der Waals surface area contributed by atoms with Crippen molar-refractivity contribution in [3.05, 3.63) is 54.1 Å². The molecule has 3 aromatic rings. The number of anilines is 2. The van der Waals surface area contributed by atoms with E-state index >= 15 is 0 Å². The summed E-state index contributed by atoms with van der Waals surface area (Å²) in [5.74, 6) is -5.43. The highest BCUT2D eigenvalue weighted by Crippen LogP contribution is 2.35. The van der Waals surface area contributed by atoms with Crippen LogP contribution in [0.4, 0.5) is 24.8 Å². The van der Waals surface area contributed by atoms with Gasteiger partial charge in [0, 0.05) is 39.1 Å². The number of nitrogens with zero attached hydrogens (tertiary/aromatic N) is 4. The van der Waals surface area contributed by atoms with Crippen molar-refractivity contribution in [2.45, 2.75) is 6.92 Å². The van der Waals surface area contributed by atoms with Gasteiger partial charge in [-0.05, 0) is 18.2 Å². The molecule has 3 rings (SSSR count). The lowest BCUT2D eigenvalue weighted by Gasteiger charge is -2.18. The zero-order valence-corrected chi connectivity index (χ0v) is 18.0. The van der Waals surface area contributed by atoms with Crippen molar-refractivity contribution >= 4 is 21.8 Å². The first-order chi connectivity index (χ1) is 15.2. The second-order valence-corrected chi connectivity index (χ2v) is 8.13. The first-order valence-corrected chi connectivity index (χ1v) is 10.7. The number of benzene rings is 1. The summed E-state index contributed by atoms with van der Waals surface area (Å²) in [6.07, 6.45) is 2.81. The molecular weight excluding hydrogens is 449 g/mol. The lowest BCUT2D eigenvalue weighted by Crippen LogP contribution is -2.33. The molecule has 170 valence electrons. The third-order valence-corrected chi connectivity index (χ3v) is 5.89. The predicted molar refractivity (Wildman–Crippen MR) is 112 cm³/mol. The van der Waals surface area contributed by atoms with Crippen molar-refractivity contribution in [2.24, 2.45) is 0 Å². The molecule has 0 spiro atoms. The van der Waals surface area contributed by atoms with Gasteiger partial charge in [-0.3, -0.25) is 4.72 Å². The van der Waals surface area contributed by atoms with Gasteiger partial charge in [0.15, 0.2) is 17.4 Å². The molecule has 9 nitrogen and oxygen atoms in total. The van der Waals surface area contributed by atoms with Gasteiger partial charge in [0.1, 0.15) is 5.69 Å². The third-order valence-electron chi connectivity index (χ3n) is 4.34. The van der Waals surface area contributed by atoms with Crippen molar-refractivity contribution in [3.63, 3.8) is 0 Å². The Bertz CT molecular complexity index is 1240. The Morgan fingerprint density at radius 1 is 1.12 bits per heavy atom. The van der Waals surface area contributed by atoms with Gasteiger partial charge < -0.3 is 10.1 Å². The van der Waals surface area contributed by atoms with Crippen LogP contribution >= 0.6 is 0 Å². The zero-order chi connectivity index (χ0) is 23.5. The number of hydrogen-bond donors (Lipinski definition) is 2. The lowest BCUT2D eigenvalue weighted by molar-refractivity contribution is 0.401. The summed E-state index contributed by atoms with van der Waals surface area (Å²) >= 11 is 0. The third kappa shape index (κ3) is 4.73. The van der Waals surface area contributed by atoms with Crippen LogP contribution in [0.25, 0.3) is 11.3 Å². The van der Waals surface area contributed by atoms with E-state index in [2.05, 4.69) is 20.3 Å². The molecule has 0 atom stereocenters. The van der Waals surface area contributed by atoms with E-state index in [-0.39, 0.29) is 12.4 Å². The van der Waals surface area contributed by atoms with Crippen molar-refractivity contribution in [1.29, 1.82) is 0 Å². The average Bonchev–Trinajstić information content (AvgIpc) is 2.80. The highest BCUT2D eigenvalue weighted by Gasteiger charge is 2.26. The summed E-state index contributed by atoms with van der Waals surface area (Å²) in [6, 6.07) is 5.21. The molecule has 2 aromatic heterocycles. The number of pyridine rings is 1. The fraction of sp³-hybridized carbons (Fsp3) is 0.211. The first kappa shape index (κ1) is 23.2. The Labute approximate surface area is 182 Å². The molecule has 0 aliphatic carbocycles. The smallest absolute Gasteiger partial charge is 0.301 e. The Kier molecular flexibility index (Phi) is 6.79. The number of nitrogens with one attached hydrogen (secondary N) is 2. The molecule has 0 aliphatic heterocycles. The summed E-state index contributed by atoms with van der Waals surface area (Å²) in [4.78, 5) is 12.2. The maximum absolute atomic E-state index is 14.7. The van der Waals surface area contributed by atoms with Crippen LogP contribution in [0, 0.1) is 17.5 Å². The van der Waals surface area contributed by atoms with Gasteiger partial charge in [-0.2, -0.15) is 17.1 Å². The molecule has 0 radical (unpaired) electrons. The molecule has 2 heterocycles. The minimum atomic E-state index is -4.28. The second kappa shape index (κ2) is 9.36. The molecule has 2 N–H and O–H groups in total. The average molecular weight is 468 g/mol. The summed E-state index contributed by atoms with van der Waals surface area (Å²) in [5, 5.41) is 2.77. The molecule has 0 bridgehead atoms. The van der Waals surface area contributed by atoms with Gasteiger partial charge >= 0.3 is 10.2 Å². The Morgan fingerprint density at radius 3 is 2.56 bits per heavy atom. The fourth-order valence-corrected chi connectivity index (χ4v) is 3.46. The number of rotatable bonds is 8. The largest absolute Gasteiger partial charge is 0.435 e. The molecule has 32 heavy (non-hydrogen) atoms. The van der Waals surface area contributed by atoms with Crippen LogP contribution < -0.4 is 14.8 Å². The maximum Gasteiger partial charge on any atom is 0.301 e. The number of ether oxygens (including phenoxy) is 1. The van der Waals surface area contributed by atoms with Gasteiger partial charge in [0.2, 0.25) is 17.6 Å². The van der Waals surface area contributed by atoms with E-state index in [1.165, 1.54) is 26.4 Å². The summed E-state index contributed by atoms with van der Waals surface area (Å²) < 4.78 is 75.8. The Hall–Kier alpha value is -3.45. The zero-order valence-electron chi connectivity index (χ0n) is 17.2. The van der Waals surface area contributed by atoms with E-state index in [1.54, 1.807) is 30.0 Å².